The summed E-state index contributed by atoms with van der Waals surface area (Å²) < 4.78 is 18.6. The molecule has 4 atom stereocenters. The van der Waals surface area contributed by atoms with E-state index in [0.717, 1.165) is 16.7 Å². The Labute approximate surface area is 376 Å². The predicted octanol–water partition coefficient (Wildman–Crippen LogP) is 9.82. The number of nitrogens with one attached hydrogen (secondary N) is 2. The molecule has 0 aliphatic carbocycles. The van der Waals surface area contributed by atoms with E-state index in [4.69, 9.17) is 25.5 Å². The second-order valence-electron chi connectivity index (χ2n) is 19.6. The van der Waals surface area contributed by atoms with Crippen LogP contribution in [0.25, 0.3) is 0 Å². The quantitative estimate of drug-likeness (QED) is 0.129. The van der Waals surface area contributed by atoms with Crippen molar-refractivity contribution in [3.63, 3.8) is 0 Å². The van der Waals surface area contributed by atoms with Crippen LogP contribution >= 0.6 is 11.6 Å². The van der Waals surface area contributed by atoms with Gasteiger partial charge >= 0.3 is 12.2 Å². The number of alkyl carbamates (subject to hydrolysis) is 1. The summed E-state index contributed by atoms with van der Waals surface area (Å²) in [6, 6.07) is 25.5. The fourth-order valence-electron chi connectivity index (χ4n) is 7.39. The molecule has 13 heteroatoms. The first-order valence-corrected chi connectivity index (χ1v) is 25.3. The molecular weight excluding hydrogens is 820 g/mol. The summed E-state index contributed by atoms with van der Waals surface area (Å²) in [5.41, 5.74) is 2.04. The predicted molar refractivity (Wildman–Crippen MR) is 249 cm³/mol. The Balaban J connectivity index is 1.60. The smallest absolute Gasteiger partial charge is 0.410 e. The zero-order chi connectivity index (χ0) is 45.8. The van der Waals surface area contributed by atoms with E-state index in [0.29, 0.717) is 43.8 Å². The Morgan fingerprint density at radius 3 is 1.95 bits per heavy atom. The fourth-order valence-corrected chi connectivity index (χ4v) is 8.97. The Kier molecular flexibility index (Phi) is 18.1. The number of hydrogen-bond donors (Lipinski definition) is 2. The molecule has 340 valence electrons. The van der Waals surface area contributed by atoms with Crippen molar-refractivity contribution in [3.05, 3.63) is 107 Å². The summed E-state index contributed by atoms with van der Waals surface area (Å²) in [5.74, 6) is -1.33. The average Bonchev–Trinajstić information content (AvgIpc) is 3.20. The van der Waals surface area contributed by atoms with Gasteiger partial charge in [0.05, 0.1) is 12.1 Å². The first-order valence-electron chi connectivity index (χ1n) is 22.0. The molecule has 1 heterocycles. The van der Waals surface area contributed by atoms with Crippen LogP contribution in [0.15, 0.2) is 84.9 Å². The molecule has 3 aromatic rings. The average molecular weight is 892 g/mol. The third-order valence-corrected chi connectivity index (χ3v) is 16.7. The molecule has 0 spiro atoms. The van der Waals surface area contributed by atoms with Crippen LogP contribution in [0.3, 0.4) is 0 Å². The van der Waals surface area contributed by atoms with Gasteiger partial charge in [0.2, 0.25) is 11.8 Å². The van der Waals surface area contributed by atoms with Crippen molar-refractivity contribution in [3.8, 4) is 0 Å². The first-order chi connectivity index (χ1) is 29.0. The van der Waals surface area contributed by atoms with Crippen molar-refractivity contribution < 1.29 is 33.1 Å². The number of amides is 4. The highest BCUT2D eigenvalue weighted by Crippen LogP contribution is 2.39. The van der Waals surface area contributed by atoms with Crippen molar-refractivity contribution in [2.45, 2.75) is 142 Å². The topological polar surface area (TPSA) is 127 Å². The van der Waals surface area contributed by atoms with Crippen LogP contribution in [0.1, 0.15) is 91.3 Å². The van der Waals surface area contributed by atoms with Gasteiger partial charge in [0.25, 0.3) is 0 Å². The van der Waals surface area contributed by atoms with E-state index in [2.05, 4.69) is 44.5 Å². The van der Waals surface area contributed by atoms with E-state index in [1.807, 2.05) is 113 Å². The van der Waals surface area contributed by atoms with Gasteiger partial charge in [-0.05, 0) is 106 Å². The van der Waals surface area contributed by atoms with Crippen molar-refractivity contribution in [2.75, 3.05) is 20.1 Å². The number of hydrogen-bond acceptors (Lipinski definition) is 7. The minimum atomic E-state index is -2.52. The lowest BCUT2D eigenvalue weighted by Crippen LogP contribution is -2.57. The lowest BCUT2D eigenvalue weighted by molar-refractivity contribution is -0.140. The summed E-state index contributed by atoms with van der Waals surface area (Å²) in [4.78, 5) is 59.1. The molecule has 62 heavy (non-hydrogen) atoms. The Hall–Kier alpha value is -4.39. The van der Waals surface area contributed by atoms with Crippen molar-refractivity contribution in [2.24, 2.45) is 11.8 Å². The summed E-state index contributed by atoms with van der Waals surface area (Å²) in [6.45, 7) is 21.2. The molecule has 0 bridgehead atoms. The van der Waals surface area contributed by atoms with Gasteiger partial charge in [-0.1, -0.05) is 119 Å². The molecule has 0 aromatic heterocycles. The number of nitrogens with zero attached hydrogens (tertiary/aromatic N) is 2. The highest BCUT2D eigenvalue weighted by atomic mass is 35.5. The van der Waals surface area contributed by atoms with Gasteiger partial charge in [-0.3, -0.25) is 9.59 Å². The molecule has 4 unspecified atom stereocenters. The zero-order valence-electron chi connectivity index (χ0n) is 38.8. The monoisotopic (exact) mass is 890 g/mol. The van der Waals surface area contributed by atoms with E-state index < -0.39 is 50.2 Å². The number of carbonyl (C=O) groups excluding carboxylic acids is 4. The van der Waals surface area contributed by atoms with Gasteiger partial charge in [0.1, 0.15) is 18.2 Å². The Morgan fingerprint density at radius 1 is 0.823 bits per heavy atom. The van der Waals surface area contributed by atoms with Crippen LogP contribution in [0.2, 0.25) is 23.2 Å². The maximum Gasteiger partial charge on any atom is 0.410 e. The molecule has 1 saturated heterocycles. The maximum absolute atomic E-state index is 14.9. The Bertz CT molecular complexity index is 1910. The minimum absolute atomic E-state index is 0.0903. The molecule has 0 saturated carbocycles. The molecule has 4 amide bonds. The van der Waals surface area contributed by atoms with Crippen LogP contribution in [-0.4, -0.2) is 92.1 Å². The SMILES string of the molecule is CC(C)C(NC(=O)C(Cc1cccc(Cl)c1)CC(O[Si](C)(C)C(C)(C)C)C(Cc1ccccc1)NC(=O)OC(C)(C)C)C(=O)N1CCC(N(C)C(=O)OCc2ccccc2)CC1. The lowest BCUT2D eigenvalue weighted by atomic mass is 9.88. The van der Waals surface area contributed by atoms with Gasteiger partial charge in [0, 0.05) is 37.1 Å². The molecule has 11 nitrogen and oxygen atoms in total. The third-order valence-electron chi connectivity index (χ3n) is 12.0. The molecule has 2 N–H and O–H groups in total. The van der Waals surface area contributed by atoms with Gasteiger partial charge in [0.15, 0.2) is 8.32 Å². The summed E-state index contributed by atoms with van der Waals surface area (Å²) >= 11 is 6.48. The fraction of sp³-hybridized carbons (Fsp3) is 0.551. The third kappa shape index (κ3) is 15.4. The molecule has 3 aromatic carbocycles. The molecule has 1 fully saturated rings. The summed E-state index contributed by atoms with van der Waals surface area (Å²) in [7, 11) is -0.780. The van der Waals surface area contributed by atoms with E-state index >= 15 is 0 Å². The highest BCUT2D eigenvalue weighted by Gasteiger charge is 2.43. The van der Waals surface area contributed by atoms with Crippen LogP contribution in [0.5, 0.6) is 0 Å². The van der Waals surface area contributed by atoms with E-state index in [1.165, 1.54) is 0 Å². The molecular formula is C49H71ClN4O7Si. The number of likely N-dealkylation sites (tertiary alicyclic amines) is 1. The van der Waals surface area contributed by atoms with E-state index in [1.54, 1.807) is 22.9 Å². The highest BCUT2D eigenvalue weighted by molar-refractivity contribution is 6.74. The minimum Gasteiger partial charge on any atom is -0.445 e. The second-order valence-corrected chi connectivity index (χ2v) is 24.8. The van der Waals surface area contributed by atoms with Gasteiger partial charge in [-0.15, -0.1) is 0 Å². The van der Waals surface area contributed by atoms with Crippen LogP contribution in [0, 0.1) is 11.8 Å². The number of ether oxygens (including phenoxy) is 2. The standard InChI is InChI=1S/C49H71ClN4O7Si/c1-34(2)43(45(56)54-27-25-40(26-28-54)53(9)47(58)59-33-36-21-16-13-17-22-36)52-44(55)38(29-37-23-18-24-39(50)30-37)32-42(61-62(10,11)49(6,7)8)41(31-35-19-14-12-15-20-35)51-46(57)60-48(3,4)5/h12-24,30,34,38,40-43H,25-29,31-33H2,1-11H3,(H,51,57)(H,52,55). The molecule has 1 aliphatic rings. The van der Waals surface area contributed by atoms with E-state index in [9.17, 15) is 19.2 Å². The van der Waals surface area contributed by atoms with Crippen LogP contribution < -0.4 is 10.6 Å². The number of rotatable bonds is 17. The van der Waals surface area contributed by atoms with Gasteiger partial charge < -0.3 is 34.3 Å². The van der Waals surface area contributed by atoms with Crippen LogP contribution in [0.4, 0.5) is 9.59 Å². The van der Waals surface area contributed by atoms with Crippen LogP contribution in [-0.2, 0) is 42.9 Å². The Morgan fingerprint density at radius 2 is 1.40 bits per heavy atom. The van der Waals surface area contributed by atoms with Crippen molar-refractivity contribution in [1.29, 1.82) is 0 Å². The molecule has 4 rings (SSSR count). The van der Waals surface area contributed by atoms with Crippen molar-refractivity contribution in [1.82, 2.24) is 20.4 Å². The normalized spacial score (nSPS) is 15.9. The maximum atomic E-state index is 14.9. The van der Waals surface area contributed by atoms with E-state index in [-0.39, 0.29) is 41.8 Å². The van der Waals surface area contributed by atoms with Gasteiger partial charge in [-0.25, -0.2) is 9.59 Å². The number of halogens is 1. The zero-order valence-corrected chi connectivity index (χ0v) is 40.6. The van der Waals surface area contributed by atoms with Gasteiger partial charge in [-0.2, -0.15) is 0 Å². The number of carbonyl (C=O) groups is 4. The number of piperidine rings is 1. The summed E-state index contributed by atoms with van der Waals surface area (Å²) in [5, 5.41) is 6.72. The lowest BCUT2D eigenvalue weighted by Gasteiger charge is -2.42. The summed E-state index contributed by atoms with van der Waals surface area (Å²) in [6.07, 6.45) is 0.594. The van der Waals surface area contributed by atoms with Crippen molar-refractivity contribution >= 4 is 43.9 Å². The first kappa shape index (κ1) is 50.3. The number of benzene rings is 3. The largest absolute Gasteiger partial charge is 0.445 e. The molecule has 0 radical (unpaired) electrons. The molecule has 1 aliphatic heterocycles. The second kappa shape index (κ2) is 22.3.